The van der Waals surface area contributed by atoms with Crippen LogP contribution >= 0.6 is 0 Å². The molecule has 1 N–H and O–H groups in total. The van der Waals surface area contributed by atoms with E-state index < -0.39 is 0 Å². The Balaban J connectivity index is 1.14. The van der Waals surface area contributed by atoms with Crippen LogP contribution < -0.4 is 5.32 Å². The van der Waals surface area contributed by atoms with Gasteiger partial charge in [-0.3, -0.25) is 0 Å². The summed E-state index contributed by atoms with van der Waals surface area (Å²) in [6, 6.07) is 22.8. The molecule has 0 bridgehead atoms. The predicted octanol–water partition coefficient (Wildman–Crippen LogP) is 6.20. The summed E-state index contributed by atoms with van der Waals surface area (Å²) < 4.78 is 5.66. The highest BCUT2D eigenvalue weighted by molar-refractivity contribution is 5.68. The molecule has 37 heavy (non-hydrogen) atoms. The number of likely N-dealkylation sites (tertiary alicyclic amines) is 1. The molecular weight excluding hydrogens is 458 g/mol. The predicted molar refractivity (Wildman–Crippen MR) is 150 cm³/mol. The molecule has 2 saturated carbocycles. The van der Waals surface area contributed by atoms with Crippen molar-refractivity contribution in [2.45, 2.75) is 88.9 Å². The maximum atomic E-state index is 12.9. The third kappa shape index (κ3) is 6.94. The fourth-order valence-corrected chi connectivity index (χ4v) is 7.08. The molecule has 0 spiro atoms. The largest absolute Gasteiger partial charge is 0.445 e. The summed E-state index contributed by atoms with van der Waals surface area (Å²) in [6.45, 7) is 6.40. The highest BCUT2D eigenvalue weighted by Crippen LogP contribution is 2.41. The Bertz CT molecular complexity index is 955. The van der Waals surface area contributed by atoms with E-state index in [2.05, 4.69) is 47.5 Å². The van der Waals surface area contributed by atoms with Gasteiger partial charge in [-0.15, -0.1) is 0 Å². The van der Waals surface area contributed by atoms with Crippen molar-refractivity contribution in [3.63, 3.8) is 0 Å². The maximum absolute atomic E-state index is 12.9. The number of nitrogens with zero attached hydrogens (tertiary/aromatic N) is 2. The van der Waals surface area contributed by atoms with Gasteiger partial charge in [0.1, 0.15) is 6.61 Å². The van der Waals surface area contributed by atoms with Crippen LogP contribution in [0.2, 0.25) is 0 Å². The van der Waals surface area contributed by atoms with E-state index in [0.717, 1.165) is 37.5 Å². The van der Waals surface area contributed by atoms with Crippen molar-refractivity contribution >= 4 is 6.09 Å². The molecule has 5 heteroatoms. The van der Waals surface area contributed by atoms with Gasteiger partial charge in [0.05, 0.1) is 0 Å². The number of amides is 1. The molecular formula is C32H45N3O2. The average molecular weight is 504 g/mol. The van der Waals surface area contributed by atoms with E-state index in [-0.39, 0.29) is 12.1 Å². The SMILES string of the molecule is CCN(C(=O)OCc1ccccc1)C1CCN(CC2CC(NC3CCCC3)CC2c2ccccc2)CC1. The van der Waals surface area contributed by atoms with Crippen molar-refractivity contribution in [2.24, 2.45) is 5.92 Å². The molecule has 1 saturated heterocycles. The number of nitrogens with one attached hydrogen (secondary N) is 1. The molecule has 3 atom stereocenters. The number of benzene rings is 2. The maximum Gasteiger partial charge on any atom is 0.410 e. The molecule has 5 nitrogen and oxygen atoms in total. The van der Waals surface area contributed by atoms with Gasteiger partial charge in [0.15, 0.2) is 0 Å². The van der Waals surface area contributed by atoms with Gasteiger partial charge in [0, 0.05) is 44.3 Å². The zero-order valence-electron chi connectivity index (χ0n) is 22.6. The fraction of sp³-hybridized carbons (Fsp3) is 0.594. The van der Waals surface area contributed by atoms with E-state index in [4.69, 9.17) is 4.74 Å². The second kappa shape index (κ2) is 12.9. The monoisotopic (exact) mass is 503 g/mol. The van der Waals surface area contributed by atoms with Crippen molar-refractivity contribution in [3.8, 4) is 0 Å². The molecule has 2 aromatic rings. The third-order valence-corrected chi connectivity index (χ3v) is 9.02. The number of hydrogen-bond donors (Lipinski definition) is 1. The van der Waals surface area contributed by atoms with E-state index in [9.17, 15) is 4.79 Å². The quantitative estimate of drug-likeness (QED) is 0.442. The lowest BCUT2D eigenvalue weighted by molar-refractivity contribution is 0.0602. The van der Waals surface area contributed by atoms with Crippen LogP contribution in [0, 0.1) is 5.92 Å². The number of ether oxygens (including phenoxy) is 1. The molecule has 2 aliphatic carbocycles. The van der Waals surface area contributed by atoms with Gasteiger partial charge in [0.2, 0.25) is 0 Å². The summed E-state index contributed by atoms with van der Waals surface area (Å²) in [5.41, 5.74) is 2.54. The van der Waals surface area contributed by atoms with Crippen LogP contribution in [0.5, 0.6) is 0 Å². The zero-order chi connectivity index (χ0) is 25.5. The van der Waals surface area contributed by atoms with Gasteiger partial charge in [-0.1, -0.05) is 73.5 Å². The molecule has 5 rings (SSSR count). The number of carbonyl (C=O) groups excluding carboxylic acids is 1. The Kier molecular flexibility index (Phi) is 9.17. The van der Waals surface area contributed by atoms with Crippen LogP contribution in [-0.2, 0) is 11.3 Å². The Hall–Kier alpha value is -2.37. The molecule has 3 fully saturated rings. The van der Waals surface area contributed by atoms with Crippen LogP contribution in [0.4, 0.5) is 4.79 Å². The molecule has 1 aliphatic heterocycles. The highest BCUT2D eigenvalue weighted by atomic mass is 16.6. The Labute approximate surface area is 223 Å². The first-order chi connectivity index (χ1) is 18.2. The first kappa shape index (κ1) is 26.2. The highest BCUT2D eigenvalue weighted by Gasteiger charge is 2.38. The Morgan fingerprint density at radius 3 is 2.27 bits per heavy atom. The van der Waals surface area contributed by atoms with E-state index >= 15 is 0 Å². The van der Waals surface area contributed by atoms with Crippen molar-refractivity contribution in [1.29, 1.82) is 0 Å². The summed E-state index contributed by atoms with van der Waals surface area (Å²) in [5.74, 6) is 1.33. The van der Waals surface area contributed by atoms with Crippen LogP contribution in [0.15, 0.2) is 60.7 Å². The fourth-order valence-electron chi connectivity index (χ4n) is 7.08. The van der Waals surface area contributed by atoms with Crippen LogP contribution in [0.3, 0.4) is 0 Å². The molecule has 1 heterocycles. The minimum Gasteiger partial charge on any atom is -0.445 e. The van der Waals surface area contributed by atoms with Crippen LogP contribution in [-0.4, -0.2) is 60.2 Å². The molecule has 0 aromatic heterocycles. The summed E-state index contributed by atoms with van der Waals surface area (Å²) in [5, 5.41) is 4.03. The van der Waals surface area contributed by atoms with Gasteiger partial charge >= 0.3 is 6.09 Å². The first-order valence-corrected chi connectivity index (χ1v) is 14.7. The van der Waals surface area contributed by atoms with E-state index in [1.165, 1.54) is 50.6 Å². The van der Waals surface area contributed by atoms with E-state index in [1.54, 1.807) is 0 Å². The number of rotatable bonds is 9. The minimum absolute atomic E-state index is 0.175. The van der Waals surface area contributed by atoms with Gasteiger partial charge < -0.3 is 19.9 Å². The lowest BCUT2D eigenvalue weighted by Gasteiger charge is -2.39. The topological polar surface area (TPSA) is 44.8 Å². The van der Waals surface area contributed by atoms with Gasteiger partial charge in [-0.05, 0) is 68.4 Å². The number of hydrogen-bond acceptors (Lipinski definition) is 4. The summed E-state index contributed by atoms with van der Waals surface area (Å²) >= 11 is 0. The molecule has 200 valence electrons. The first-order valence-electron chi connectivity index (χ1n) is 14.7. The van der Waals surface area contributed by atoms with E-state index in [0.29, 0.717) is 31.0 Å². The standard InChI is InChI=1S/C32H45N3O2/c1-2-35(32(36)37-24-25-11-5-3-6-12-25)30-17-19-34(20-18-30)23-27-21-29(33-28-15-9-10-16-28)22-31(27)26-13-7-4-8-14-26/h3-8,11-14,27-31,33H,2,9-10,15-24H2,1H3. The van der Waals surface area contributed by atoms with Crippen molar-refractivity contribution in [1.82, 2.24) is 15.1 Å². The molecule has 1 amide bonds. The zero-order valence-corrected chi connectivity index (χ0v) is 22.6. The third-order valence-electron chi connectivity index (χ3n) is 9.02. The second-order valence-electron chi connectivity index (χ2n) is 11.5. The van der Waals surface area contributed by atoms with Crippen LogP contribution in [0.1, 0.15) is 75.3 Å². The number of piperidine rings is 1. The van der Waals surface area contributed by atoms with E-state index in [1.807, 2.05) is 35.2 Å². The minimum atomic E-state index is -0.175. The lowest BCUT2D eigenvalue weighted by Crippen LogP contribution is -2.48. The Morgan fingerprint density at radius 1 is 0.919 bits per heavy atom. The summed E-state index contributed by atoms with van der Waals surface area (Å²) in [6.07, 6.45) is 9.91. The van der Waals surface area contributed by atoms with Gasteiger partial charge in [0.25, 0.3) is 0 Å². The molecule has 0 radical (unpaired) electrons. The van der Waals surface area contributed by atoms with Crippen LogP contribution in [0.25, 0.3) is 0 Å². The normalized spacial score (nSPS) is 25.4. The smallest absolute Gasteiger partial charge is 0.410 e. The lowest BCUT2D eigenvalue weighted by atomic mass is 9.88. The summed E-state index contributed by atoms with van der Waals surface area (Å²) in [4.78, 5) is 17.5. The van der Waals surface area contributed by atoms with Gasteiger partial charge in [-0.2, -0.15) is 0 Å². The molecule has 3 aliphatic rings. The number of carbonyl (C=O) groups is 1. The second-order valence-corrected chi connectivity index (χ2v) is 11.5. The molecule has 2 aromatic carbocycles. The average Bonchev–Trinajstić information content (AvgIpc) is 3.60. The Morgan fingerprint density at radius 2 is 1.59 bits per heavy atom. The van der Waals surface area contributed by atoms with Gasteiger partial charge in [-0.25, -0.2) is 4.79 Å². The van der Waals surface area contributed by atoms with Crippen molar-refractivity contribution < 1.29 is 9.53 Å². The van der Waals surface area contributed by atoms with Crippen molar-refractivity contribution in [2.75, 3.05) is 26.2 Å². The van der Waals surface area contributed by atoms with Crippen molar-refractivity contribution in [3.05, 3.63) is 71.8 Å². The molecule has 3 unspecified atom stereocenters. The summed E-state index contributed by atoms with van der Waals surface area (Å²) in [7, 11) is 0.